The minimum atomic E-state index is -1.36. The number of carboxylic acids is 1. The van der Waals surface area contributed by atoms with Gasteiger partial charge in [0.1, 0.15) is 29.2 Å². The number of benzene rings is 1. The first-order valence-electron chi connectivity index (χ1n) is 19.0. The highest BCUT2D eigenvalue weighted by Gasteiger charge is 2.51. The molecule has 19 heteroatoms. The Hall–Kier alpha value is -3.88. The van der Waals surface area contributed by atoms with Crippen LogP contribution in [0.1, 0.15) is 111 Å². The highest BCUT2D eigenvalue weighted by molar-refractivity contribution is 6.62. The summed E-state index contributed by atoms with van der Waals surface area (Å²) in [6.07, 6.45) is -4.90. The number of ether oxygens (including phenoxy) is 4. The van der Waals surface area contributed by atoms with E-state index in [1.165, 1.54) is 13.8 Å². The maximum Gasteiger partial charge on any atom is 0.494 e. The van der Waals surface area contributed by atoms with E-state index in [0.717, 1.165) is 5.46 Å². The van der Waals surface area contributed by atoms with Gasteiger partial charge in [-0.25, -0.2) is 19.2 Å². The molecule has 1 fully saturated rings. The SMILES string of the molecule is C[C@H](O)[C@@H](NC(=O)OC(C)(C)C)C(=O)O.C[C@H](O)[C@H](CO)NC(=O)OC(C)(C)C.C[C@H](O)[C@H](COc1ccc(B2OC(C)(C)C(C)(C)O2)cc1)NC(=O)OC(C)(C)C. The van der Waals surface area contributed by atoms with Gasteiger partial charge in [0.15, 0.2) is 6.04 Å². The van der Waals surface area contributed by atoms with Crippen molar-refractivity contribution in [2.75, 3.05) is 13.2 Å². The Morgan fingerprint density at radius 3 is 1.33 bits per heavy atom. The first-order valence-corrected chi connectivity index (χ1v) is 19.0. The van der Waals surface area contributed by atoms with E-state index >= 15 is 0 Å². The first-order chi connectivity index (χ1) is 26.1. The van der Waals surface area contributed by atoms with Crippen LogP contribution in [0, 0.1) is 0 Å². The Bertz CT molecular complexity index is 1420. The van der Waals surface area contributed by atoms with Gasteiger partial charge in [0.25, 0.3) is 0 Å². The number of aliphatic carboxylic acids is 1. The smallest absolute Gasteiger partial charge is 0.491 e. The number of rotatable bonds is 12. The first kappa shape index (κ1) is 54.1. The second-order valence-corrected chi connectivity index (χ2v) is 17.8. The van der Waals surface area contributed by atoms with Crippen molar-refractivity contribution in [1.82, 2.24) is 16.0 Å². The number of carbonyl (C=O) groups excluding carboxylic acids is 3. The number of hydrogen-bond donors (Lipinski definition) is 8. The van der Waals surface area contributed by atoms with Gasteiger partial charge in [-0.15, -0.1) is 0 Å². The molecule has 3 amide bonds. The van der Waals surface area contributed by atoms with E-state index in [-0.39, 0.29) is 13.2 Å². The van der Waals surface area contributed by atoms with Gasteiger partial charge in [0.2, 0.25) is 0 Å². The molecule has 2 rings (SSSR count). The normalized spacial score (nSPS) is 17.8. The van der Waals surface area contributed by atoms with Crippen LogP contribution in [-0.2, 0) is 28.3 Å². The van der Waals surface area contributed by atoms with E-state index in [9.17, 15) is 24.3 Å². The molecule has 18 nitrogen and oxygen atoms in total. The lowest BCUT2D eigenvalue weighted by Crippen LogP contribution is -2.49. The van der Waals surface area contributed by atoms with Crippen LogP contribution in [-0.4, -0.2) is 135 Å². The number of hydrogen-bond acceptors (Lipinski definition) is 14. The lowest BCUT2D eigenvalue weighted by atomic mass is 9.79. The number of aliphatic hydroxyl groups is 4. The number of alkyl carbamates (subject to hydrolysis) is 3. The standard InChI is InChI=1S/C21H34BNO6.C9H17NO5.C9H19NO4/c1-14(24)17(23-18(25)27-19(2,3)4)13-26-16-11-9-15(10-12-16)22-28-20(5,6)21(7,8)29-22;1-5(11)6(7(12)13)10-8(14)15-9(2,3)4;1-6(12)7(5-11)10-8(13)14-9(2,3)4/h9-12,14,17,24H,13H2,1-8H3,(H,23,25);5-6,11H,1-4H3,(H,10,14)(H,12,13);6-7,11-12H,5H2,1-4H3,(H,10,13)/t14-,17-;5-,6+;6-,7-/m000/s1. The van der Waals surface area contributed by atoms with E-state index in [2.05, 4.69) is 16.0 Å². The van der Waals surface area contributed by atoms with Gasteiger partial charge in [0.05, 0.1) is 48.2 Å². The number of nitrogens with one attached hydrogen (secondary N) is 3. The zero-order valence-corrected chi connectivity index (χ0v) is 37.1. The van der Waals surface area contributed by atoms with Crippen LogP contribution in [0.4, 0.5) is 14.4 Å². The monoisotopic (exact) mass is 831 g/mol. The molecule has 58 heavy (non-hydrogen) atoms. The van der Waals surface area contributed by atoms with E-state index in [1.807, 2.05) is 52.0 Å². The highest BCUT2D eigenvalue weighted by Crippen LogP contribution is 2.36. The third kappa shape index (κ3) is 21.8. The summed E-state index contributed by atoms with van der Waals surface area (Å²) in [5.74, 6) is -0.697. The maximum atomic E-state index is 12.0. The van der Waals surface area contributed by atoms with Gasteiger partial charge in [-0.2, -0.15) is 0 Å². The highest BCUT2D eigenvalue weighted by atomic mass is 16.7. The molecule has 1 aromatic rings. The zero-order valence-electron chi connectivity index (χ0n) is 37.1. The van der Waals surface area contributed by atoms with Gasteiger partial charge in [-0.3, -0.25) is 0 Å². The summed E-state index contributed by atoms with van der Waals surface area (Å²) < 4.78 is 32.9. The zero-order chi connectivity index (χ0) is 45.6. The molecule has 1 saturated heterocycles. The lowest BCUT2D eigenvalue weighted by Gasteiger charge is -2.32. The number of carboxylic acid groups (broad SMARTS) is 1. The van der Waals surface area contributed by atoms with Gasteiger partial charge in [-0.05, 0) is 128 Å². The number of carbonyl (C=O) groups is 4. The average Bonchev–Trinajstić information content (AvgIpc) is 3.24. The topological polar surface area (TPSA) is 261 Å². The van der Waals surface area contributed by atoms with Gasteiger partial charge < -0.3 is 69.7 Å². The third-order valence-corrected chi connectivity index (χ3v) is 8.02. The summed E-state index contributed by atoms with van der Waals surface area (Å²) in [5.41, 5.74) is -1.79. The van der Waals surface area contributed by atoms with Gasteiger partial charge in [-0.1, -0.05) is 12.1 Å². The fourth-order valence-corrected chi connectivity index (χ4v) is 4.25. The summed E-state index contributed by atoms with van der Waals surface area (Å²) in [6.45, 7) is 27.7. The molecule has 8 N–H and O–H groups in total. The Kier molecular flexibility index (Phi) is 21.0. The molecule has 6 atom stereocenters. The Morgan fingerprint density at radius 1 is 0.655 bits per heavy atom. The van der Waals surface area contributed by atoms with Crippen LogP contribution in [0.2, 0.25) is 0 Å². The fourth-order valence-electron chi connectivity index (χ4n) is 4.25. The van der Waals surface area contributed by atoms with E-state index < -0.39 is 95.8 Å². The lowest BCUT2D eigenvalue weighted by molar-refractivity contribution is -0.142. The van der Waals surface area contributed by atoms with Crippen LogP contribution in [0.5, 0.6) is 5.75 Å². The van der Waals surface area contributed by atoms with E-state index in [0.29, 0.717) is 5.75 Å². The summed E-state index contributed by atoms with van der Waals surface area (Å²) in [6, 6.07) is 4.74. The molecule has 1 aromatic carbocycles. The molecule has 0 radical (unpaired) electrons. The van der Waals surface area contributed by atoms with Crippen LogP contribution in [0.25, 0.3) is 0 Å². The van der Waals surface area contributed by atoms with Crippen molar-refractivity contribution in [3.8, 4) is 5.75 Å². The average molecular weight is 832 g/mol. The minimum Gasteiger partial charge on any atom is -0.491 e. The summed E-state index contributed by atoms with van der Waals surface area (Å²) in [5, 5.41) is 52.7. The van der Waals surface area contributed by atoms with Crippen molar-refractivity contribution in [2.45, 2.75) is 175 Å². The van der Waals surface area contributed by atoms with Crippen molar-refractivity contribution in [3.05, 3.63) is 24.3 Å². The quantitative estimate of drug-likeness (QED) is 0.111. The Balaban J connectivity index is 0.000000944. The minimum absolute atomic E-state index is 0.104. The molecule has 1 aliphatic rings. The van der Waals surface area contributed by atoms with Crippen LogP contribution in [0.3, 0.4) is 0 Å². The number of aliphatic hydroxyl groups excluding tert-OH is 4. The predicted molar refractivity (Wildman–Crippen MR) is 217 cm³/mol. The summed E-state index contributed by atoms with van der Waals surface area (Å²) in [7, 11) is -0.437. The van der Waals surface area contributed by atoms with Crippen molar-refractivity contribution in [2.24, 2.45) is 0 Å². The van der Waals surface area contributed by atoms with Crippen molar-refractivity contribution in [1.29, 1.82) is 0 Å². The molecule has 334 valence electrons. The van der Waals surface area contributed by atoms with Gasteiger partial charge in [0, 0.05) is 0 Å². The molecular weight excluding hydrogens is 761 g/mol. The maximum absolute atomic E-state index is 12.0. The van der Waals surface area contributed by atoms with Gasteiger partial charge >= 0.3 is 31.4 Å². The second-order valence-electron chi connectivity index (χ2n) is 17.8. The Labute approximate surface area is 343 Å². The van der Waals surface area contributed by atoms with Crippen LogP contribution in [0.15, 0.2) is 24.3 Å². The Morgan fingerprint density at radius 2 is 1.02 bits per heavy atom. The van der Waals surface area contributed by atoms with Crippen molar-refractivity contribution < 1.29 is 73.0 Å². The number of amides is 3. The van der Waals surface area contributed by atoms with E-state index in [4.69, 9.17) is 48.7 Å². The second kappa shape index (κ2) is 22.5. The molecule has 0 bridgehead atoms. The third-order valence-electron chi connectivity index (χ3n) is 8.02. The molecular formula is C39H70BN3O15. The van der Waals surface area contributed by atoms with E-state index in [1.54, 1.807) is 69.2 Å². The van der Waals surface area contributed by atoms with Crippen LogP contribution < -0.4 is 26.2 Å². The van der Waals surface area contributed by atoms with Crippen molar-refractivity contribution in [3.63, 3.8) is 0 Å². The van der Waals surface area contributed by atoms with Crippen LogP contribution >= 0.6 is 0 Å². The molecule has 1 heterocycles. The summed E-state index contributed by atoms with van der Waals surface area (Å²) in [4.78, 5) is 44.9. The predicted octanol–water partition coefficient (Wildman–Crippen LogP) is 3.24. The molecule has 0 saturated carbocycles. The molecule has 0 unspecified atom stereocenters. The fraction of sp³-hybridized carbons (Fsp3) is 0.744. The van der Waals surface area contributed by atoms with Crippen molar-refractivity contribution >= 4 is 36.8 Å². The summed E-state index contributed by atoms with van der Waals surface area (Å²) >= 11 is 0. The molecule has 0 aromatic heterocycles. The molecule has 0 spiro atoms. The molecule has 1 aliphatic heterocycles. The largest absolute Gasteiger partial charge is 0.494 e. The molecule has 0 aliphatic carbocycles.